The number of nitrogens with zero attached hydrogens (tertiary/aromatic N) is 8. The first kappa shape index (κ1) is 18.5. The third-order valence-electron chi connectivity index (χ3n) is 4.47. The van der Waals surface area contributed by atoms with Gasteiger partial charge in [0.25, 0.3) is 5.91 Å². The Hall–Kier alpha value is -5.12. The molecule has 0 radical (unpaired) electrons. The Kier molecular flexibility index (Phi) is 5.19. The number of ether oxygens (including phenoxy) is 1. The Morgan fingerprint density at radius 1 is 1.15 bits per heavy atom. The topological polar surface area (TPSA) is 168 Å². The van der Waals surface area contributed by atoms with Gasteiger partial charge in [-0.15, -0.1) is 10.2 Å². The van der Waals surface area contributed by atoms with Crippen LogP contribution in [-0.4, -0.2) is 54.9 Å². The van der Waals surface area contributed by atoms with Crippen LogP contribution in [0.25, 0.3) is 11.4 Å². The molecule has 0 saturated heterocycles. The van der Waals surface area contributed by atoms with E-state index in [9.17, 15) is 4.79 Å². The number of methoxy groups -OCH3 is 1. The van der Waals surface area contributed by atoms with E-state index in [0.29, 0.717) is 22.8 Å². The van der Waals surface area contributed by atoms with Gasteiger partial charge in [0.05, 0.1) is 30.0 Å². The van der Waals surface area contributed by atoms with Crippen LogP contribution in [0, 0.1) is 11.3 Å². The number of nitriles is 1. The van der Waals surface area contributed by atoms with E-state index in [1.807, 2.05) is 11.4 Å². The fourth-order valence-electron chi connectivity index (χ4n) is 2.98. The lowest BCUT2D eigenvalue weighted by molar-refractivity contribution is 0.0958. The number of aryl methyl sites for hydroxylation is 1. The van der Waals surface area contributed by atoms with Crippen molar-refractivity contribution < 1.29 is 13.6 Å². The van der Waals surface area contributed by atoms with Gasteiger partial charge in [-0.1, -0.05) is 0 Å². The number of pyridine rings is 2. The zero-order chi connectivity index (χ0) is 26.6. The van der Waals surface area contributed by atoms with E-state index in [-0.39, 0.29) is 28.8 Å². The molecule has 0 bridgehead atoms. The molecule has 0 aliphatic carbocycles. The molecule has 0 atom stereocenters. The molecule has 0 aliphatic rings. The second kappa shape index (κ2) is 9.57. The number of nitrogens with one attached hydrogen (secondary N) is 3. The zero-order valence-electron chi connectivity index (χ0n) is 20.9. The number of hydrogen-bond acceptors (Lipinski definition) is 11. The first-order valence-corrected chi connectivity index (χ1v) is 9.66. The smallest absolute Gasteiger partial charge is 0.273 e. The molecule has 13 nitrogen and oxygen atoms in total. The van der Waals surface area contributed by atoms with Gasteiger partial charge in [-0.3, -0.25) is 9.48 Å². The third-order valence-corrected chi connectivity index (χ3v) is 4.47. The first-order valence-electron chi connectivity index (χ1n) is 11.2. The van der Waals surface area contributed by atoms with Crippen LogP contribution in [0.15, 0.2) is 43.0 Å². The molecule has 0 fully saturated rings. The van der Waals surface area contributed by atoms with Gasteiger partial charge in [0, 0.05) is 36.6 Å². The number of aromatic nitrogens is 7. The minimum atomic E-state index is -2.75. The van der Waals surface area contributed by atoms with Crippen molar-refractivity contribution in [2.24, 2.45) is 7.05 Å². The van der Waals surface area contributed by atoms with Gasteiger partial charge in [-0.2, -0.15) is 10.4 Å². The first-order chi connectivity index (χ1) is 17.7. The molecule has 0 saturated carbocycles. The normalized spacial score (nSPS) is 12.0. The third kappa shape index (κ3) is 4.55. The Bertz CT molecular complexity index is 1500. The number of rotatable bonds is 7. The van der Waals surface area contributed by atoms with Crippen LogP contribution in [0.1, 0.15) is 20.2 Å². The zero-order valence-corrected chi connectivity index (χ0v) is 17.9. The number of anilines is 4. The second-order valence-electron chi connectivity index (χ2n) is 6.72. The van der Waals surface area contributed by atoms with E-state index in [1.165, 1.54) is 48.7 Å². The van der Waals surface area contributed by atoms with Crippen molar-refractivity contribution in [2.45, 2.75) is 0 Å². The average Bonchev–Trinajstić information content (AvgIpc) is 3.29. The maximum absolute atomic E-state index is 12.7. The van der Waals surface area contributed by atoms with Crippen molar-refractivity contribution in [3.8, 4) is 23.2 Å². The van der Waals surface area contributed by atoms with Gasteiger partial charge in [-0.05, 0) is 18.2 Å². The van der Waals surface area contributed by atoms with Crippen molar-refractivity contribution in [3.63, 3.8) is 0 Å². The van der Waals surface area contributed by atoms with Crippen molar-refractivity contribution in [1.29, 1.82) is 5.26 Å². The molecule has 0 unspecified atom stereocenters. The summed E-state index contributed by atoms with van der Waals surface area (Å²) in [6.07, 6.45) is 4.46. The standard InChI is InChI=1S/C21H19N11O2/c1-23-21(33)17-14(9-16(29-30-17)28-15-8-12(10-22)4-6-24-15)27-20-18(34-3)13(5-7-25-20)19-26-11-32(2)31-19/h4-9,11H,1-3H3,(H,23,33)(H2,24,25,27,28,29)/i1D3. The van der Waals surface area contributed by atoms with Gasteiger partial charge >= 0.3 is 0 Å². The number of carbonyl (C=O) groups is 1. The predicted molar refractivity (Wildman–Crippen MR) is 122 cm³/mol. The van der Waals surface area contributed by atoms with E-state index < -0.39 is 12.9 Å². The molecule has 0 aromatic carbocycles. The van der Waals surface area contributed by atoms with Crippen LogP contribution >= 0.6 is 0 Å². The van der Waals surface area contributed by atoms with E-state index in [2.05, 4.69) is 40.9 Å². The van der Waals surface area contributed by atoms with E-state index >= 15 is 0 Å². The lowest BCUT2D eigenvalue weighted by Gasteiger charge is -2.15. The summed E-state index contributed by atoms with van der Waals surface area (Å²) in [6, 6.07) is 8.11. The lowest BCUT2D eigenvalue weighted by atomic mass is 10.2. The molecule has 4 rings (SSSR count). The molecule has 1 amide bonds. The maximum Gasteiger partial charge on any atom is 0.273 e. The minimum Gasteiger partial charge on any atom is -0.492 e. The molecule has 170 valence electrons. The van der Waals surface area contributed by atoms with Gasteiger partial charge in [0.1, 0.15) is 12.1 Å². The van der Waals surface area contributed by atoms with Gasteiger partial charge < -0.3 is 20.7 Å². The lowest BCUT2D eigenvalue weighted by Crippen LogP contribution is -2.21. The Balaban J connectivity index is 1.75. The fraction of sp³-hybridized carbons (Fsp3) is 0.143. The summed E-state index contributed by atoms with van der Waals surface area (Å²) in [6.45, 7) is -2.75. The van der Waals surface area contributed by atoms with Crippen molar-refractivity contribution in [1.82, 2.24) is 40.2 Å². The quantitative estimate of drug-likeness (QED) is 0.367. The summed E-state index contributed by atoms with van der Waals surface area (Å²) >= 11 is 0. The van der Waals surface area contributed by atoms with Gasteiger partial charge in [0.15, 0.2) is 28.9 Å². The van der Waals surface area contributed by atoms with Crippen LogP contribution in [0.2, 0.25) is 0 Å². The van der Waals surface area contributed by atoms with E-state index in [0.717, 1.165) is 0 Å². The largest absolute Gasteiger partial charge is 0.492 e. The summed E-state index contributed by atoms with van der Waals surface area (Å²) in [5.74, 6) is 0.288. The molecule has 0 spiro atoms. The summed E-state index contributed by atoms with van der Waals surface area (Å²) in [5, 5.41) is 29.0. The Labute approximate surface area is 198 Å². The Morgan fingerprint density at radius 3 is 2.74 bits per heavy atom. The monoisotopic (exact) mass is 460 g/mol. The van der Waals surface area contributed by atoms with Crippen molar-refractivity contribution in [2.75, 3.05) is 24.7 Å². The highest BCUT2D eigenvalue weighted by atomic mass is 16.5. The van der Waals surface area contributed by atoms with Gasteiger partial charge in [0.2, 0.25) is 0 Å². The summed E-state index contributed by atoms with van der Waals surface area (Å²) in [4.78, 5) is 25.4. The maximum atomic E-state index is 12.7. The second-order valence-corrected chi connectivity index (χ2v) is 6.72. The molecule has 0 aliphatic heterocycles. The number of hydrogen-bond donors (Lipinski definition) is 3. The van der Waals surface area contributed by atoms with Crippen LogP contribution < -0.4 is 20.7 Å². The molecule has 13 heteroatoms. The molecule has 4 aromatic rings. The predicted octanol–water partition coefficient (Wildman–Crippen LogP) is 1.79. The molecular weight excluding hydrogens is 438 g/mol. The summed E-state index contributed by atoms with van der Waals surface area (Å²) < 4.78 is 29.2. The molecule has 34 heavy (non-hydrogen) atoms. The fourth-order valence-corrected chi connectivity index (χ4v) is 2.98. The molecule has 4 heterocycles. The van der Waals surface area contributed by atoms with Crippen LogP contribution in [0.4, 0.5) is 23.1 Å². The average molecular weight is 460 g/mol. The highest BCUT2D eigenvalue weighted by Gasteiger charge is 2.20. The molecular formula is C21H19N11O2. The van der Waals surface area contributed by atoms with Crippen LogP contribution in [-0.2, 0) is 7.05 Å². The number of carbonyl (C=O) groups excluding carboxylic acids is 1. The van der Waals surface area contributed by atoms with E-state index in [1.54, 1.807) is 13.1 Å². The highest BCUT2D eigenvalue weighted by molar-refractivity contribution is 5.98. The minimum absolute atomic E-state index is 0.0626. The van der Waals surface area contributed by atoms with Crippen LogP contribution in [0.5, 0.6) is 5.75 Å². The van der Waals surface area contributed by atoms with Gasteiger partial charge in [-0.25, -0.2) is 15.0 Å². The highest BCUT2D eigenvalue weighted by Crippen LogP contribution is 2.35. The van der Waals surface area contributed by atoms with Crippen molar-refractivity contribution >= 4 is 29.0 Å². The van der Waals surface area contributed by atoms with Crippen molar-refractivity contribution in [3.05, 3.63) is 54.2 Å². The summed E-state index contributed by atoms with van der Waals surface area (Å²) in [7, 11) is 3.15. The molecule has 3 N–H and O–H groups in total. The summed E-state index contributed by atoms with van der Waals surface area (Å²) in [5.41, 5.74) is 0.636. The van der Waals surface area contributed by atoms with Crippen LogP contribution in [0.3, 0.4) is 0 Å². The molecule has 4 aromatic heterocycles. The SMILES string of the molecule is [2H]C([2H])([2H])NC(=O)c1nnc(Nc2cc(C#N)ccn2)cc1Nc1nccc(-c2ncn(C)n2)c1OC. The van der Waals surface area contributed by atoms with E-state index in [4.69, 9.17) is 14.1 Å². The Morgan fingerprint density at radius 2 is 2.00 bits per heavy atom. The number of amides is 1.